The van der Waals surface area contributed by atoms with Gasteiger partial charge in [0.15, 0.2) is 0 Å². The van der Waals surface area contributed by atoms with Crippen LogP contribution in [0.3, 0.4) is 0 Å². The van der Waals surface area contributed by atoms with E-state index in [-0.39, 0.29) is 11.3 Å². The maximum absolute atomic E-state index is 12.7. The van der Waals surface area contributed by atoms with Crippen LogP contribution in [0.5, 0.6) is 0 Å². The molecule has 2 aliphatic rings. The maximum Gasteiger partial charge on any atom is 0.257 e. The van der Waals surface area contributed by atoms with Gasteiger partial charge < -0.3 is 14.1 Å². The van der Waals surface area contributed by atoms with E-state index in [9.17, 15) is 4.79 Å². The Labute approximate surface area is 147 Å². The Bertz CT molecular complexity index is 704. The molecule has 2 saturated heterocycles. The quantitative estimate of drug-likeness (QED) is 0.855. The minimum atomic E-state index is 0.0120. The molecule has 0 radical (unpaired) electrons. The highest BCUT2D eigenvalue weighted by molar-refractivity contribution is 5.93. The van der Waals surface area contributed by atoms with Crippen LogP contribution in [0.4, 0.5) is 0 Å². The number of rotatable bonds is 3. The summed E-state index contributed by atoms with van der Waals surface area (Å²) in [4.78, 5) is 21.3. The number of likely N-dealkylation sites (tertiary alicyclic amines) is 1. The number of carbonyl (C=O) groups is 1. The molecule has 2 aromatic rings. The summed E-state index contributed by atoms with van der Waals surface area (Å²) in [7, 11) is 0. The first-order valence-corrected chi connectivity index (χ1v) is 8.75. The highest BCUT2D eigenvalue weighted by Gasteiger charge is 2.42. The van der Waals surface area contributed by atoms with Crippen molar-refractivity contribution in [3.05, 3.63) is 54.2 Å². The first-order chi connectivity index (χ1) is 12.2. The molecule has 0 N–H and O–H groups in total. The fraction of sp³-hybridized carbons (Fsp3) is 0.474. The predicted molar refractivity (Wildman–Crippen MR) is 92.0 cm³/mol. The Morgan fingerprint density at radius 2 is 2.24 bits per heavy atom. The fourth-order valence-corrected chi connectivity index (χ4v) is 3.89. The summed E-state index contributed by atoms with van der Waals surface area (Å²) >= 11 is 0. The van der Waals surface area contributed by atoms with E-state index in [1.807, 2.05) is 17.2 Å². The van der Waals surface area contributed by atoms with Crippen molar-refractivity contribution < 1.29 is 13.9 Å². The Morgan fingerprint density at radius 1 is 1.28 bits per heavy atom. The van der Waals surface area contributed by atoms with Crippen molar-refractivity contribution in [2.24, 2.45) is 5.41 Å². The summed E-state index contributed by atoms with van der Waals surface area (Å²) in [6, 6.07) is 5.81. The van der Waals surface area contributed by atoms with Gasteiger partial charge in [-0.05, 0) is 30.7 Å². The van der Waals surface area contributed by atoms with Gasteiger partial charge >= 0.3 is 0 Å². The third-order valence-electron chi connectivity index (χ3n) is 5.14. The van der Waals surface area contributed by atoms with Crippen LogP contribution < -0.4 is 0 Å². The summed E-state index contributed by atoms with van der Waals surface area (Å²) in [5.74, 6) is 0.0318. The monoisotopic (exact) mass is 341 g/mol. The summed E-state index contributed by atoms with van der Waals surface area (Å²) in [6.07, 6.45) is 7.83. The summed E-state index contributed by atoms with van der Waals surface area (Å²) in [5, 5.41) is 0. The van der Waals surface area contributed by atoms with E-state index in [1.54, 1.807) is 18.5 Å². The van der Waals surface area contributed by atoms with Gasteiger partial charge in [0.2, 0.25) is 0 Å². The zero-order chi connectivity index (χ0) is 17.1. The van der Waals surface area contributed by atoms with Crippen LogP contribution in [0.15, 0.2) is 47.5 Å². The average Bonchev–Trinajstić information content (AvgIpc) is 3.24. The van der Waals surface area contributed by atoms with E-state index in [0.717, 1.165) is 32.6 Å². The molecule has 6 heteroatoms. The van der Waals surface area contributed by atoms with E-state index in [1.165, 1.54) is 11.8 Å². The number of hydrogen-bond acceptors (Lipinski definition) is 5. The predicted octanol–water partition coefficient (Wildman–Crippen LogP) is 2.04. The highest BCUT2D eigenvalue weighted by Crippen LogP contribution is 2.34. The van der Waals surface area contributed by atoms with Gasteiger partial charge in [-0.25, -0.2) is 0 Å². The van der Waals surface area contributed by atoms with Crippen molar-refractivity contribution in [3.63, 3.8) is 0 Å². The lowest BCUT2D eigenvalue weighted by Gasteiger charge is -2.31. The van der Waals surface area contributed by atoms with E-state index in [2.05, 4.69) is 16.0 Å². The largest absolute Gasteiger partial charge is 0.472 e. The molecule has 2 aliphatic heterocycles. The number of carbonyl (C=O) groups excluding carboxylic acids is 1. The topological polar surface area (TPSA) is 58.8 Å². The molecular weight excluding hydrogens is 318 g/mol. The van der Waals surface area contributed by atoms with Crippen LogP contribution in [0.2, 0.25) is 0 Å². The van der Waals surface area contributed by atoms with Gasteiger partial charge in [-0.15, -0.1) is 0 Å². The number of furan rings is 1. The van der Waals surface area contributed by atoms with Gasteiger partial charge in [0.1, 0.15) is 6.26 Å². The second-order valence-electron chi connectivity index (χ2n) is 7.11. The number of ether oxygens (including phenoxy) is 1. The number of pyridine rings is 1. The third-order valence-corrected chi connectivity index (χ3v) is 5.14. The van der Waals surface area contributed by atoms with Gasteiger partial charge in [0, 0.05) is 44.0 Å². The number of nitrogens with zero attached hydrogens (tertiary/aromatic N) is 3. The lowest BCUT2D eigenvalue weighted by Crippen LogP contribution is -2.43. The van der Waals surface area contributed by atoms with Crippen LogP contribution in [0, 0.1) is 5.41 Å². The normalized spacial score (nSPS) is 24.6. The second-order valence-corrected chi connectivity index (χ2v) is 7.11. The molecule has 2 fully saturated rings. The second kappa shape index (κ2) is 6.98. The van der Waals surface area contributed by atoms with Gasteiger partial charge in [0.05, 0.1) is 25.0 Å². The molecule has 0 unspecified atom stereocenters. The van der Waals surface area contributed by atoms with Gasteiger partial charge in [-0.1, -0.05) is 6.07 Å². The Morgan fingerprint density at radius 3 is 3.04 bits per heavy atom. The van der Waals surface area contributed by atoms with Gasteiger partial charge in [-0.3, -0.25) is 14.7 Å². The lowest BCUT2D eigenvalue weighted by atomic mass is 9.87. The first-order valence-electron chi connectivity index (χ1n) is 8.75. The third kappa shape index (κ3) is 3.60. The SMILES string of the molecule is O=C(c1ccoc1)N1CCOC[C@]2(CCN(Cc3cccnc3)C2)C1. The molecule has 4 rings (SSSR count). The minimum absolute atomic E-state index is 0.0120. The maximum atomic E-state index is 12.7. The standard InChI is InChI=1S/C19H23N3O3/c23-18(17-3-8-24-12-17)22-7-9-25-15-19(14-22)4-6-21(13-19)11-16-2-1-5-20-10-16/h1-3,5,8,10,12H,4,6-7,9,11,13-15H2/t19-/m0/s1. The summed E-state index contributed by atoms with van der Waals surface area (Å²) < 4.78 is 10.9. The van der Waals surface area contributed by atoms with Crippen LogP contribution >= 0.6 is 0 Å². The molecule has 6 nitrogen and oxygen atoms in total. The summed E-state index contributed by atoms with van der Waals surface area (Å²) in [5.41, 5.74) is 1.85. The Balaban J connectivity index is 1.44. The zero-order valence-electron chi connectivity index (χ0n) is 14.3. The Hall–Kier alpha value is -2.18. The van der Waals surface area contributed by atoms with Crippen molar-refractivity contribution in [2.45, 2.75) is 13.0 Å². The molecule has 1 amide bonds. The van der Waals surface area contributed by atoms with Crippen molar-refractivity contribution in [1.82, 2.24) is 14.8 Å². The molecule has 1 atom stereocenters. The van der Waals surface area contributed by atoms with E-state index >= 15 is 0 Å². The molecule has 4 heterocycles. The van der Waals surface area contributed by atoms with Crippen molar-refractivity contribution in [3.8, 4) is 0 Å². The zero-order valence-corrected chi connectivity index (χ0v) is 14.3. The van der Waals surface area contributed by atoms with Crippen LogP contribution in [0.25, 0.3) is 0 Å². The highest BCUT2D eigenvalue weighted by atomic mass is 16.5. The van der Waals surface area contributed by atoms with Crippen molar-refractivity contribution in [2.75, 3.05) is 39.4 Å². The first kappa shape index (κ1) is 16.3. The Kier molecular flexibility index (Phi) is 4.55. The molecule has 0 bridgehead atoms. The molecule has 25 heavy (non-hydrogen) atoms. The average molecular weight is 341 g/mol. The van der Waals surface area contributed by atoms with Crippen LogP contribution in [-0.2, 0) is 11.3 Å². The van der Waals surface area contributed by atoms with Crippen LogP contribution in [0.1, 0.15) is 22.3 Å². The van der Waals surface area contributed by atoms with E-state index in [0.29, 0.717) is 25.3 Å². The van der Waals surface area contributed by atoms with Gasteiger partial charge in [-0.2, -0.15) is 0 Å². The van der Waals surface area contributed by atoms with Crippen LogP contribution in [-0.4, -0.2) is 60.1 Å². The molecule has 0 saturated carbocycles. The molecule has 1 spiro atoms. The molecule has 132 valence electrons. The minimum Gasteiger partial charge on any atom is -0.472 e. The van der Waals surface area contributed by atoms with Crippen molar-refractivity contribution in [1.29, 1.82) is 0 Å². The molecule has 2 aromatic heterocycles. The van der Waals surface area contributed by atoms with E-state index < -0.39 is 0 Å². The van der Waals surface area contributed by atoms with E-state index in [4.69, 9.17) is 9.15 Å². The summed E-state index contributed by atoms with van der Waals surface area (Å²) in [6.45, 7) is 5.53. The van der Waals surface area contributed by atoms with Crippen molar-refractivity contribution >= 4 is 5.91 Å². The number of aromatic nitrogens is 1. The number of hydrogen-bond donors (Lipinski definition) is 0. The molecule has 0 aromatic carbocycles. The number of amides is 1. The smallest absolute Gasteiger partial charge is 0.257 e. The molecular formula is C19H23N3O3. The lowest BCUT2D eigenvalue weighted by molar-refractivity contribution is 0.0644. The van der Waals surface area contributed by atoms with Gasteiger partial charge in [0.25, 0.3) is 5.91 Å². The molecule has 0 aliphatic carbocycles. The fourth-order valence-electron chi connectivity index (χ4n) is 3.89.